The average molecular weight is 489 g/mol. The smallest absolute Gasteiger partial charge is 0.317 e. The second-order valence-electron chi connectivity index (χ2n) is 5.31. The van der Waals surface area contributed by atoms with Crippen LogP contribution in [0.2, 0.25) is 0 Å². The Morgan fingerprint density at radius 2 is 1.86 bits per heavy atom. The van der Waals surface area contributed by atoms with Crippen LogP contribution < -0.4 is 11.4 Å². The van der Waals surface area contributed by atoms with E-state index in [1.807, 2.05) is 0 Å². The molecule has 0 bridgehead atoms. The molecule has 0 saturated carbocycles. The monoisotopic (exact) mass is 489 g/mol. The predicted octanol–water partition coefficient (Wildman–Crippen LogP) is -0.802. The van der Waals surface area contributed by atoms with E-state index in [0.29, 0.717) is 10.9 Å². The number of halogens is 2. The highest BCUT2D eigenvalue weighted by molar-refractivity contribution is 7.66. The Balaban J connectivity index is 2.08. The normalized spacial score (nSPS) is 29.3. The quantitative estimate of drug-likeness (QED) is 0.281. The summed E-state index contributed by atoms with van der Waals surface area (Å²) in [5, 5.41) is 0. The van der Waals surface area contributed by atoms with Gasteiger partial charge in [-0.15, -0.1) is 0 Å². The maximum Gasteiger partial charge on any atom is 0.490 e. The number of aromatic nitrogens is 3. The van der Waals surface area contributed by atoms with E-state index < -0.39 is 66.1 Å². The van der Waals surface area contributed by atoms with E-state index in [-0.39, 0.29) is 0 Å². The van der Waals surface area contributed by atoms with Gasteiger partial charge in [-0.2, -0.15) is 13.6 Å². The van der Waals surface area contributed by atoms with E-state index in [2.05, 4.69) is 22.9 Å². The van der Waals surface area contributed by atoms with Gasteiger partial charge < -0.3 is 24.3 Å². The molecule has 21 heteroatoms. The summed E-state index contributed by atoms with van der Waals surface area (Å²) in [6, 6.07) is 0. The Morgan fingerprint density at radius 3 is 2.41 bits per heavy atom. The van der Waals surface area contributed by atoms with Gasteiger partial charge in [0.2, 0.25) is 0 Å². The Kier molecular flexibility index (Phi) is 6.79. The Morgan fingerprint density at radius 1 is 1.24 bits per heavy atom. The molecule has 2 rings (SSSR count). The predicted molar refractivity (Wildman–Crippen MR) is 82.4 cm³/mol. The molecule has 2 unspecified atom stereocenters. The molecule has 0 aliphatic carbocycles. The Hall–Kier alpha value is -1.16. The molecule has 0 radical (unpaired) electrons. The number of nitrogens with zero attached hydrogens (tertiary/aromatic N) is 2. The Labute approximate surface area is 157 Å². The number of hydrogen-bond donors (Lipinski definition) is 5. The van der Waals surface area contributed by atoms with Gasteiger partial charge >= 0.3 is 34.8 Å². The van der Waals surface area contributed by atoms with Gasteiger partial charge in [-0.25, -0.2) is 32.1 Å². The first kappa shape index (κ1) is 24.1. The van der Waals surface area contributed by atoms with Gasteiger partial charge in [0.1, 0.15) is 19.2 Å². The number of hydrogen-bond acceptors (Lipinski definition) is 10. The van der Waals surface area contributed by atoms with Crippen molar-refractivity contribution in [2.45, 2.75) is 24.7 Å². The van der Waals surface area contributed by atoms with Crippen LogP contribution in [-0.2, 0) is 31.6 Å². The van der Waals surface area contributed by atoms with Crippen LogP contribution in [-0.4, -0.2) is 52.7 Å². The summed E-state index contributed by atoms with van der Waals surface area (Å²) in [6.45, 7) is -1.72. The number of nitrogens with one attached hydrogen (secondary N) is 1. The van der Waals surface area contributed by atoms with Crippen molar-refractivity contribution in [3.63, 3.8) is 0 Å². The van der Waals surface area contributed by atoms with Crippen LogP contribution in [0.5, 0.6) is 0 Å². The van der Waals surface area contributed by atoms with Crippen LogP contribution in [0.3, 0.4) is 0 Å². The fourth-order valence-corrected chi connectivity index (χ4v) is 5.06. The number of phosphoric ester groups is 1. The number of alkyl halides is 2. The average Bonchev–Trinajstić information content (AvgIpc) is 2.77. The van der Waals surface area contributed by atoms with E-state index in [1.165, 1.54) is 0 Å². The van der Waals surface area contributed by atoms with Crippen molar-refractivity contribution in [3.05, 3.63) is 27.3 Å². The lowest BCUT2D eigenvalue weighted by Crippen LogP contribution is -2.38. The number of H-pyrrole nitrogens is 1. The molecule has 0 aromatic carbocycles. The van der Waals surface area contributed by atoms with Crippen LogP contribution in [0.4, 0.5) is 8.78 Å². The van der Waals surface area contributed by atoms with Gasteiger partial charge in [0.25, 0.3) is 5.85 Å². The molecule has 1 aromatic rings. The van der Waals surface area contributed by atoms with Crippen molar-refractivity contribution in [2.24, 2.45) is 0 Å². The van der Waals surface area contributed by atoms with Crippen LogP contribution in [0.15, 0.2) is 15.9 Å². The van der Waals surface area contributed by atoms with Gasteiger partial charge in [0.05, 0.1) is 0 Å². The first-order chi connectivity index (χ1) is 13.0. The lowest BCUT2D eigenvalue weighted by atomic mass is 10.2. The third kappa shape index (κ3) is 6.67. The van der Waals surface area contributed by atoms with E-state index in [1.54, 1.807) is 4.98 Å². The summed E-state index contributed by atoms with van der Waals surface area (Å²) in [4.78, 5) is 62.4. The van der Waals surface area contributed by atoms with Crippen molar-refractivity contribution in [3.8, 4) is 0 Å². The summed E-state index contributed by atoms with van der Waals surface area (Å²) in [6.07, 6.45) is -4.41. The molecule has 1 fully saturated rings. The number of phosphoric acid groups is 3. The minimum atomic E-state index is -5.85. The summed E-state index contributed by atoms with van der Waals surface area (Å²) in [5.41, 5.74) is -2.17. The standard InChI is InChI=1S/C8H12F2N3O13P3/c9-4-1-5(13-3-11-6(14)12-7(13)15)24-8(4,10)2-23-28(19,20)26-29(21,22)25-27(16,17)18/h3-5H,1-2H2,(H,19,20)(H,21,22)(H,12,14,15)(H2,16,17,18)/t4-,5+,8+/m0/s1. The van der Waals surface area contributed by atoms with Crippen molar-refractivity contribution in [2.75, 3.05) is 6.61 Å². The van der Waals surface area contributed by atoms with Gasteiger partial charge in [-0.3, -0.25) is 14.1 Å². The SMILES string of the molecule is O=c1ncn([C@H]2C[C@H](F)[C@@](F)(COP(=O)(O)OP(=O)(O)OP(=O)(O)O)O2)c(=O)[nH]1. The molecule has 0 amide bonds. The maximum absolute atomic E-state index is 14.6. The molecule has 1 aliphatic heterocycles. The van der Waals surface area contributed by atoms with Gasteiger partial charge in [0, 0.05) is 6.42 Å². The second-order valence-corrected chi connectivity index (χ2v) is 9.73. The summed E-state index contributed by atoms with van der Waals surface area (Å²) in [5.74, 6) is -3.47. The van der Waals surface area contributed by atoms with Crippen LogP contribution in [0, 0.1) is 0 Å². The molecule has 1 aliphatic rings. The topological polar surface area (TPSA) is 237 Å². The molecule has 29 heavy (non-hydrogen) atoms. The second kappa shape index (κ2) is 8.17. The Bertz CT molecular complexity index is 1020. The summed E-state index contributed by atoms with van der Waals surface area (Å²) in [7, 11) is -17.2. The van der Waals surface area contributed by atoms with Crippen molar-refractivity contribution in [1.29, 1.82) is 0 Å². The fraction of sp³-hybridized carbons (Fsp3) is 0.625. The number of ether oxygens (including phenoxy) is 1. The largest absolute Gasteiger partial charge is 0.490 e. The maximum atomic E-state index is 14.6. The van der Waals surface area contributed by atoms with Crippen LogP contribution >= 0.6 is 23.5 Å². The van der Waals surface area contributed by atoms with Gasteiger partial charge in [-0.1, -0.05) is 0 Å². The van der Waals surface area contributed by atoms with Gasteiger partial charge in [0.15, 0.2) is 6.17 Å². The van der Waals surface area contributed by atoms with E-state index in [0.717, 1.165) is 0 Å². The lowest BCUT2D eigenvalue weighted by molar-refractivity contribution is -0.193. The van der Waals surface area contributed by atoms with Crippen molar-refractivity contribution in [1.82, 2.24) is 14.5 Å². The molecule has 5 N–H and O–H groups in total. The zero-order chi connectivity index (χ0) is 22.3. The zero-order valence-electron chi connectivity index (χ0n) is 13.6. The molecule has 2 heterocycles. The molecular weight excluding hydrogens is 477 g/mol. The van der Waals surface area contributed by atoms with Crippen molar-refractivity contribution < 1.29 is 59.9 Å². The van der Waals surface area contributed by atoms with Crippen LogP contribution in [0.1, 0.15) is 12.6 Å². The lowest BCUT2D eigenvalue weighted by Gasteiger charge is -2.23. The molecular formula is C8H12F2N3O13P3. The summed E-state index contributed by atoms with van der Waals surface area (Å²) >= 11 is 0. The van der Waals surface area contributed by atoms with Crippen LogP contribution in [0.25, 0.3) is 0 Å². The first-order valence-corrected chi connectivity index (χ1v) is 11.5. The first-order valence-electron chi connectivity index (χ1n) is 6.99. The van der Waals surface area contributed by atoms with Crippen molar-refractivity contribution >= 4 is 23.5 Å². The molecule has 166 valence electrons. The number of rotatable bonds is 8. The number of aromatic amines is 1. The highest BCUT2D eigenvalue weighted by Gasteiger charge is 2.53. The van der Waals surface area contributed by atoms with E-state index >= 15 is 0 Å². The minimum absolute atomic E-state index is 0.514. The third-order valence-electron chi connectivity index (χ3n) is 3.11. The molecule has 5 atom stereocenters. The molecule has 0 spiro atoms. The minimum Gasteiger partial charge on any atom is -0.317 e. The molecule has 16 nitrogen and oxygen atoms in total. The summed E-state index contributed by atoms with van der Waals surface area (Å²) < 4.78 is 77.8. The highest BCUT2D eigenvalue weighted by Crippen LogP contribution is 2.66. The highest BCUT2D eigenvalue weighted by atomic mass is 31.3. The third-order valence-corrected chi connectivity index (χ3v) is 6.89. The molecule has 1 aromatic heterocycles. The van der Waals surface area contributed by atoms with E-state index in [4.69, 9.17) is 14.7 Å². The van der Waals surface area contributed by atoms with E-state index in [9.17, 15) is 37.0 Å². The fourth-order valence-electron chi connectivity index (χ4n) is 2.03. The zero-order valence-corrected chi connectivity index (χ0v) is 16.3. The molecule has 1 saturated heterocycles. The van der Waals surface area contributed by atoms with Gasteiger partial charge in [-0.05, 0) is 0 Å².